The van der Waals surface area contributed by atoms with Crippen LogP contribution < -0.4 is 0 Å². The summed E-state index contributed by atoms with van der Waals surface area (Å²) in [7, 11) is 14.9. The number of halogens is 4. The van der Waals surface area contributed by atoms with E-state index < -0.39 is 14.2 Å². The van der Waals surface area contributed by atoms with Crippen molar-refractivity contribution in [2.24, 2.45) is 0 Å². The van der Waals surface area contributed by atoms with E-state index in [0.29, 0.717) is 0 Å². The van der Waals surface area contributed by atoms with Crippen molar-refractivity contribution in [3.8, 4) is 0 Å². The van der Waals surface area contributed by atoms with Crippen molar-refractivity contribution in [2.45, 2.75) is 0 Å². The van der Waals surface area contributed by atoms with Gasteiger partial charge in [0, 0.05) is 0 Å². The van der Waals surface area contributed by atoms with E-state index in [4.69, 9.17) is 28.3 Å². The van der Waals surface area contributed by atoms with Gasteiger partial charge in [-0.1, -0.05) is 0 Å². The fourth-order valence-corrected chi connectivity index (χ4v) is 0. The number of rotatable bonds is 0. The van der Waals surface area contributed by atoms with Crippen LogP contribution in [0.25, 0.3) is 0 Å². The summed E-state index contributed by atoms with van der Waals surface area (Å²) >= 11 is -1.94. The fraction of sp³-hybridized carbons (Fsp3) is 0. The average molecular weight is 239 g/mol. The Kier molecular flexibility index (Phi) is 11.7. The van der Waals surface area contributed by atoms with Gasteiger partial charge in [0.05, 0.1) is 0 Å². The van der Waals surface area contributed by atoms with Crippen LogP contribution in [0.2, 0.25) is 0 Å². The van der Waals surface area contributed by atoms with Crippen LogP contribution in [-0.4, -0.2) is 0 Å². The quantitative estimate of drug-likeness (QED) is 0.569. The van der Waals surface area contributed by atoms with Gasteiger partial charge < -0.3 is 0 Å². The van der Waals surface area contributed by atoms with Gasteiger partial charge in [-0.25, -0.2) is 0 Å². The summed E-state index contributed by atoms with van der Waals surface area (Å²) in [5.74, 6) is 0. The molecule has 0 saturated carbocycles. The molecule has 0 rings (SSSR count). The van der Waals surface area contributed by atoms with E-state index in [1.807, 2.05) is 0 Å². The minimum atomic E-state index is -1.94. The predicted octanol–water partition coefficient (Wildman–Crippen LogP) is 2.49. The average Bonchev–Trinajstić information content (AvgIpc) is 0.811. The molecule has 0 nitrogen and oxygen atoms in total. The first kappa shape index (κ1) is 9.96. The molecule has 0 bridgehead atoms. The molecule has 0 heterocycles. The van der Waals surface area contributed by atoms with Gasteiger partial charge in [-0.15, -0.1) is 12.4 Å². The molecule has 0 spiro atoms. The molecule has 0 aliphatic heterocycles. The van der Waals surface area contributed by atoms with Gasteiger partial charge in [-0.3, -0.25) is 0 Å². The summed E-state index contributed by atoms with van der Waals surface area (Å²) in [5.41, 5.74) is 0. The molecule has 0 amide bonds. The third kappa shape index (κ3) is 25.4. The SMILES string of the molecule is Cl.[Cl][Mo]([Cl])[Cl]. The van der Waals surface area contributed by atoms with Crippen molar-refractivity contribution in [3.63, 3.8) is 0 Å². The normalized spacial score (nSPS) is 7.20. The van der Waals surface area contributed by atoms with Crippen LogP contribution in [0.5, 0.6) is 0 Å². The first-order valence-electron chi connectivity index (χ1n) is 0.463. The van der Waals surface area contributed by atoms with Crippen LogP contribution >= 0.6 is 40.7 Å². The van der Waals surface area contributed by atoms with E-state index in [9.17, 15) is 0 Å². The van der Waals surface area contributed by atoms with Crippen LogP contribution in [0.1, 0.15) is 0 Å². The molecule has 35 valence electrons. The zero-order valence-electron chi connectivity index (χ0n) is 1.95. The van der Waals surface area contributed by atoms with Crippen LogP contribution in [0.3, 0.4) is 0 Å². The Hall–Kier alpha value is 1.85. The van der Waals surface area contributed by atoms with Crippen LogP contribution in [0.15, 0.2) is 0 Å². The van der Waals surface area contributed by atoms with Gasteiger partial charge >= 0.3 is 42.4 Å². The molecule has 0 aromatic rings. The Morgan fingerprint density at radius 1 is 1.00 bits per heavy atom. The molecule has 0 atom stereocenters. The summed E-state index contributed by atoms with van der Waals surface area (Å²) in [4.78, 5) is 0. The van der Waals surface area contributed by atoms with E-state index >= 15 is 0 Å². The fourth-order valence-electron chi connectivity index (χ4n) is 0. The number of hydrogen-bond acceptors (Lipinski definition) is 0. The second-order valence-electron chi connectivity index (χ2n) is 0.175. The molecule has 5 heteroatoms. The van der Waals surface area contributed by atoms with E-state index in [-0.39, 0.29) is 12.4 Å². The topological polar surface area (TPSA) is 0 Å². The van der Waals surface area contributed by atoms with Crippen molar-refractivity contribution in [1.29, 1.82) is 0 Å². The zero-order chi connectivity index (χ0) is 3.58. The van der Waals surface area contributed by atoms with Crippen LogP contribution in [-0.2, 0) is 14.2 Å². The monoisotopic (exact) mass is 239 g/mol. The second-order valence-corrected chi connectivity index (χ2v) is 9.32. The van der Waals surface area contributed by atoms with Crippen molar-refractivity contribution < 1.29 is 14.2 Å². The third-order valence-corrected chi connectivity index (χ3v) is 0. The molecule has 0 aromatic heterocycles. The summed E-state index contributed by atoms with van der Waals surface area (Å²) in [6.45, 7) is 0. The molecular weight excluding hydrogens is 238 g/mol. The molecule has 0 aromatic carbocycles. The maximum absolute atomic E-state index is 4.98. The van der Waals surface area contributed by atoms with Gasteiger partial charge in [0.2, 0.25) is 0 Å². The Morgan fingerprint density at radius 3 is 1.00 bits per heavy atom. The Morgan fingerprint density at radius 2 is 1.00 bits per heavy atom. The Labute approximate surface area is 54.5 Å². The Balaban J connectivity index is 0. The molecule has 5 heavy (non-hydrogen) atoms. The van der Waals surface area contributed by atoms with E-state index in [2.05, 4.69) is 0 Å². The number of hydrogen-bond donors (Lipinski definition) is 0. The summed E-state index contributed by atoms with van der Waals surface area (Å²) in [6, 6.07) is 0. The first-order chi connectivity index (χ1) is 1.73. The maximum atomic E-state index is 4.98. The Bertz CT molecular complexity index is 8.36. The van der Waals surface area contributed by atoms with Gasteiger partial charge in [0.1, 0.15) is 0 Å². The summed E-state index contributed by atoms with van der Waals surface area (Å²) < 4.78 is 0. The molecule has 0 N–H and O–H groups in total. The molecule has 0 aliphatic rings. The second kappa shape index (κ2) is 5.85. The molecule has 0 saturated heterocycles. The van der Waals surface area contributed by atoms with Gasteiger partial charge in [0.25, 0.3) is 0 Å². The van der Waals surface area contributed by atoms with E-state index in [1.54, 1.807) is 0 Å². The van der Waals surface area contributed by atoms with Crippen LogP contribution in [0, 0.1) is 0 Å². The molecular formula is HCl4Mo. The van der Waals surface area contributed by atoms with Crippen molar-refractivity contribution in [2.75, 3.05) is 0 Å². The summed E-state index contributed by atoms with van der Waals surface area (Å²) in [6.07, 6.45) is 0. The van der Waals surface area contributed by atoms with Crippen molar-refractivity contribution >= 4 is 40.7 Å². The van der Waals surface area contributed by atoms with Crippen molar-refractivity contribution in [1.82, 2.24) is 0 Å². The van der Waals surface area contributed by atoms with Gasteiger partial charge in [0.15, 0.2) is 0 Å². The third-order valence-electron chi connectivity index (χ3n) is 0. The minimum absolute atomic E-state index is 0. The molecule has 0 fully saturated rings. The van der Waals surface area contributed by atoms with Gasteiger partial charge in [-0.2, -0.15) is 0 Å². The molecule has 0 unspecified atom stereocenters. The standard InChI is InChI=1S/4ClH.Mo/h4*1H;/q;;;;+3/p-3. The van der Waals surface area contributed by atoms with E-state index in [1.165, 1.54) is 0 Å². The molecule has 0 aliphatic carbocycles. The van der Waals surface area contributed by atoms with Gasteiger partial charge in [-0.05, 0) is 0 Å². The van der Waals surface area contributed by atoms with Crippen molar-refractivity contribution in [3.05, 3.63) is 0 Å². The zero-order valence-corrected chi connectivity index (χ0v) is 7.04. The predicted molar refractivity (Wildman–Crippen MR) is 24.8 cm³/mol. The molecule has 0 radical (unpaired) electrons. The van der Waals surface area contributed by atoms with Crippen LogP contribution in [0.4, 0.5) is 0 Å². The summed E-state index contributed by atoms with van der Waals surface area (Å²) in [5, 5.41) is 0. The first-order valence-corrected chi connectivity index (χ1v) is 8.22. The van der Waals surface area contributed by atoms with E-state index in [0.717, 1.165) is 0 Å².